The Kier molecular flexibility index (Phi) is 9.16. The molecule has 2 atom stereocenters. The van der Waals surface area contributed by atoms with E-state index >= 15 is 0 Å². The van der Waals surface area contributed by atoms with Gasteiger partial charge in [0.05, 0.1) is 12.1 Å². The van der Waals surface area contributed by atoms with Crippen LogP contribution in [-0.4, -0.2) is 16.7 Å². The van der Waals surface area contributed by atoms with Crippen molar-refractivity contribution in [1.82, 2.24) is 0 Å². The monoisotopic (exact) mass is 255 g/mol. The molecule has 0 spiro atoms. The van der Waals surface area contributed by atoms with Gasteiger partial charge in [0.2, 0.25) is 0 Å². The predicted molar refractivity (Wildman–Crippen MR) is 75.2 cm³/mol. The third-order valence-electron chi connectivity index (χ3n) is 2.51. The molecular formula is C13H25N3S. The van der Waals surface area contributed by atoms with Gasteiger partial charge in [-0.1, -0.05) is 26.7 Å². The molecule has 0 rings (SSSR count). The van der Waals surface area contributed by atoms with Gasteiger partial charge in [-0.15, -0.1) is 11.8 Å². The first-order chi connectivity index (χ1) is 8.08. The Morgan fingerprint density at radius 1 is 1.35 bits per heavy atom. The van der Waals surface area contributed by atoms with Crippen LogP contribution in [0.25, 0.3) is 0 Å². The molecule has 0 aromatic rings. The second-order valence-corrected chi connectivity index (χ2v) is 6.11. The van der Waals surface area contributed by atoms with Crippen LogP contribution in [0.4, 0.5) is 0 Å². The van der Waals surface area contributed by atoms with Gasteiger partial charge in [-0.25, -0.2) is 0 Å². The first-order valence-corrected chi connectivity index (χ1v) is 7.49. The molecule has 0 radical (unpaired) electrons. The van der Waals surface area contributed by atoms with Crippen LogP contribution in [-0.2, 0) is 0 Å². The first-order valence-electron chi connectivity index (χ1n) is 6.51. The van der Waals surface area contributed by atoms with Crippen LogP contribution in [0.1, 0.15) is 59.8 Å². The van der Waals surface area contributed by atoms with E-state index < -0.39 is 0 Å². The minimum absolute atomic E-state index is 0.145. The average Bonchev–Trinajstić information content (AvgIpc) is 2.28. The maximum Gasteiger partial charge on any atom is 0.124 e. The number of thioether (sulfide) groups is 1. The molecule has 0 aromatic carbocycles. The van der Waals surface area contributed by atoms with Crippen LogP contribution in [0, 0.1) is 11.3 Å². The fraction of sp³-hybridized carbons (Fsp3) is 0.923. The maximum absolute atomic E-state index is 8.56. The molecule has 0 aliphatic heterocycles. The fourth-order valence-corrected chi connectivity index (χ4v) is 2.71. The van der Waals surface area contributed by atoms with Crippen molar-refractivity contribution in [2.24, 2.45) is 10.2 Å². The summed E-state index contributed by atoms with van der Waals surface area (Å²) in [4.78, 5) is -0.145. The third kappa shape index (κ3) is 8.20. The van der Waals surface area contributed by atoms with Crippen molar-refractivity contribution in [1.29, 1.82) is 5.26 Å². The molecule has 4 heteroatoms. The molecule has 0 N–H and O–H groups in total. The largest absolute Gasteiger partial charge is 0.198 e. The minimum atomic E-state index is -0.145. The van der Waals surface area contributed by atoms with E-state index in [1.165, 1.54) is 0 Å². The van der Waals surface area contributed by atoms with E-state index in [9.17, 15) is 0 Å². The fourth-order valence-electron chi connectivity index (χ4n) is 1.63. The van der Waals surface area contributed by atoms with E-state index in [0.717, 1.165) is 31.4 Å². The molecule has 0 saturated heterocycles. The SMILES string of the molecule is CCCC(C)/N=N/C(C)(CCC)SCCC#N. The lowest BCUT2D eigenvalue weighted by Crippen LogP contribution is -2.17. The molecule has 0 amide bonds. The van der Waals surface area contributed by atoms with E-state index in [2.05, 4.69) is 44.0 Å². The van der Waals surface area contributed by atoms with Crippen molar-refractivity contribution in [3.8, 4) is 6.07 Å². The Bertz CT molecular complexity index is 260. The highest BCUT2D eigenvalue weighted by Gasteiger charge is 2.23. The summed E-state index contributed by atoms with van der Waals surface area (Å²) in [6, 6.07) is 2.49. The zero-order valence-electron chi connectivity index (χ0n) is 11.6. The van der Waals surface area contributed by atoms with Crippen molar-refractivity contribution in [2.45, 2.75) is 70.7 Å². The van der Waals surface area contributed by atoms with E-state index in [4.69, 9.17) is 5.26 Å². The van der Waals surface area contributed by atoms with Crippen LogP contribution in [0.5, 0.6) is 0 Å². The molecule has 0 saturated carbocycles. The summed E-state index contributed by atoms with van der Waals surface area (Å²) in [5, 5.41) is 17.5. The van der Waals surface area contributed by atoms with Gasteiger partial charge >= 0.3 is 0 Å². The van der Waals surface area contributed by atoms with Crippen molar-refractivity contribution in [2.75, 3.05) is 5.75 Å². The van der Waals surface area contributed by atoms with Gasteiger partial charge in [0, 0.05) is 12.2 Å². The van der Waals surface area contributed by atoms with Gasteiger partial charge in [-0.3, -0.25) is 0 Å². The van der Waals surface area contributed by atoms with Gasteiger partial charge in [0.1, 0.15) is 4.87 Å². The standard InChI is InChI=1S/C13H25N3S/c1-5-8-12(3)15-16-13(4,9-6-2)17-11-7-10-14/h12H,5-9,11H2,1-4H3/b16-15+. The molecular weight excluding hydrogens is 230 g/mol. The highest BCUT2D eigenvalue weighted by Crippen LogP contribution is 2.32. The summed E-state index contributed by atoms with van der Waals surface area (Å²) in [6.07, 6.45) is 4.94. The molecule has 2 unspecified atom stereocenters. The summed E-state index contributed by atoms with van der Waals surface area (Å²) in [5.41, 5.74) is 0. The van der Waals surface area contributed by atoms with E-state index in [-0.39, 0.29) is 4.87 Å². The molecule has 0 heterocycles. The molecule has 98 valence electrons. The lowest BCUT2D eigenvalue weighted by Gasteiger charge is -2.22. The number of rotatable bonds is 9. The Labute approximate surface area is 110 Å². The van der Waals surface area contributed by atoms with Crippen molar-refractivity contribution >= 4 is 11.8 Å². The molecule has 0 aliphatic rings. The van der Waals surface area contributed by atoms with Crippen LogP contribution < -0.4 is 0 Å². The quantitative estimate of drug-likeness (QED) is 0.439. The molecule has 0 aromatic heterocycles. The molecule has 0 bridgehead atoms. The Morgan fingerprint density at radius 3 is 2.59 bits per heavy atom. The predicted octanol–water partition coefficient (Wildman–Crippen LogP) is 4.79. The summed E-state index contributed by atoms with van der Waals surface area (Å²) in [5.74, 6) is 0.841. The summed E-state index contributed by atoms with van der Waals surface area (Å²) in [6.45, 7) is 8.56. The first kappa shape index (κ1) is 16.4. The zero-order chi connectivity index (χ0) is 13.1. The van der Waals surface area contributed by atoms with Crippen molar-refractivity contribution < 1.29 is 0 Å². The van der Waals surface area contributed by atoms with Gasteiger partial charge in [0.25, 0.3) is 0 Å². The number of nitrogens with zero attached hydrogens (tertiary/aromatic N) is 3. The number of nitriles is 1. The van der Waals surface area contributed by atoms with Gasteiger partial charge in [-0.2, -0.15) is 15.5 Å². The maximum atomic E-state index is 8.56. The van der Waals surface area contributed by atoms with Gasteiger partial charge < -0.3 is 0 Å². The van der Waals surface area contributed by atoms with Crippen LogP contribution in [0.2, 0.25) is 0 Å². The number of hydrogen-bond acceptors (Lipinski definition) is 4. The van der Waals surface area contributed by atoms with Crippen LogP contribution in [0.3, 0.4) is 0 Å². The zero-order valence-corrected chi connectivity index (χ0v) is 12.4. The van der Waals surface area contributed by atoms with Crippen LogP contribution >= 0.6 is 11.8 Å². The molecule has 3 nitrogen and oxygen atoms in total. The normalized spacial score (nSPS) is 16.6. The van der Waals surface area contributed by atoms with Gasteiger partial charge in [-0.05, 0) is 26.7 Å². The highest BCUT2D eigenvalue weighted by atomic mass is 32.2. The van der Waals surface area contributed by atoms with Crippen molar-refractivity contribution in [3.05, 3.63) is 0 Å². The third-order valence-corrected chi connectivity index (χ3v) is 3.83. The Hall–Kier alpha value is -0.560. The number of azo groups is 1. The van der Waals surface area contributed by atoms with E-state index in [1.54, 1.807) is 11.8 Å². The Morgan fingerprint density at radius 2 is 2.06 bits per heavy atom. The van der Waals surface area contributed by atoms with E-state index in [1.807, 2.05) is 0 Å². The molecule has 17 heavy (non-hydrogen) atoms. The highest BCUT2D eigenvalue weighted by molar-refractivity contribution is 8.00. The van der Waals surface area contributed by atoms with E-state index in [0.29, 0.717) is 12.5 Å². The minimum Gasteiger partial charge on any atom is -0.198 e. The average molecular weight is 255 g/mol. The lowest BCUT2D eigenvalue weighted by atomic mass is 10.2. The lowest BCUT2D eigenvalue weighted by molar-refractivity contribution is 0.527. The summed E-state index contributed by atoms with van der Waals surface area (Å²) in [7, 11) is 0. The van der Waals surface area contributed by atoms with Crippen LogP contribution in [0.15, 0.2) is 10.2 Å². The Balaban J connectivity index is 4.33. The van der Waals surface area contributed by atoms with Gasteiger partial charge in [0.15, 0.2) is 0 Å². The molecule has 0 aliphatic carbocycles. The summed E-state index contributed by atoms with van der Waals surface area (Å²) >= 11 is 1.75. The van der Waals surface area contributed by atoms with Crippen molar-refractivity contribution in [3.63, 3.8) is 0 Å². The molecule has 0 fully saturated rings. The topological polar surface area (TPSA) is 48.5 Å². The smallest absolute Gasteiger partial charge is 0.124 e. The summed E-state index contributed by atoms with van der Waals surface area (Å²) < 4.78 is 0. The second kappa shape index (κ2) is 9.47. The number of hydrogen-bond donors (Lipinski definition) is 0. The second-order valence-electron chi connectivity index (χ2n) is 4.53.